The maximum absolute atomic E-state index is 13.9. The molecule has 7 heteroatoms. The number of benzene rings is 2. The fourth-order valence-corrected chi connectivity index (χ4v) is 4.28. The van der Waals surface area contributed by atoms with Crippen molar-refractivity contribution in [3.8, 4) is 17.6 Å². The van der Waals surface area contributed by atoms with Crippen molar-refractivity contribution in [2.24, 2.45) is 10.8 Å². The van der Waals surface area contributed by atoms with Gasteiger partial charge in [-0.15, -0.1) is 0 Å². The first kappa shape index (κ1) is 22.6. The van der Waals surface area contributed by atoms with Gasteiger partial charge in [0, 0.05) is 5.41 Å². The van der Waals surface area contributed by atoms with Crippen molar-refractivity contribution in [1.29, 1.82) is 5.26 Å². The highest BCUT2D eigenvalue weighted by Crippen LogP contribution is 2.50. The summed E-state index contributed by atoms with van der Waals surface area (Å²) >= 11 is 5.50. The number of ether oxygens (including phenoxy) is 2. The van der Waals surface area contributed by atoms with E-state index >= 15 is 0 Å². The summed E-state index contributed by atoms with van der Waals surface area (Å²) in [5.74, 6) is 1.21. The Bertz CT molecular complexity index is 945. The first-order valence-electron chi connectivity index (χ1n) is 9.98. The molecule has 1 aliphatic rings. The highest BCUT2D eigenvalue weighted by molar-refractivity contribution is 7.80. The second-order valence-corrected chi connectivity index (χ2v) is 9.00. The monoisotopic (exact) mass is 437 g/mol. The average molecular weight is 438 g/mol. The molecule has 1 fully saturated rings. The van der Waals surface area contributed by atoms with Gasteiger partial charge in [0.05, 0.1) is 32.4 Å². The molecule has 0 radical (unpaired) electrons. The number of nitrogens with one attached hydrogen (secondary N) is 2. The van der Waals surface area contributed by atoms with Gasteiger partial charge in [-0.05, 0) is 47.6 Å². The van der Waals surface area contributed by atoms with Crippen molar-refractivity contribution in [2.75, 3.05) is 14.2 Å². The number of nitriles is 1. The van der Waals surface area contributed by atoms with Crippen LogP contribution in [0.3, 0.4) is 0 Å². The minimum absolute atomic E-state index is 0.174. The largest absolute Gasteiger partial charge is 0.497 e. The van der Waals surface area contributed by atoms with Crippen LogP contribution < -0.4 is 20.1 Å². The molecule has 162 valence electrons. The number of carbonyl (C=O) groups excluding carboxylic acids is 1. The maximum Gasteiger partial charge on any atom is 0.167 e. The van der Waals surface area contributed by atoms with Gasteiger partial charge in [-0.25, -0.2) is 0 Å². The van der Waals surface area contributed by atoms with Gasteiger partial charge in [0.2, 0.25) is 0 Å². The van der Waals surface area contributed by atoms with Gasteiger partial charge in [0.15, 0.2) is 16.3 Å². The Hall–Kier alpha value is -3.11. The molecule has 1 heterocycles. The smallest absolute Gasteiger partial charge is 0.167 e. The molecule has 1 saturated heterocycles. The number of hydrogen-bond acceptors (Lipinski definition) is 5. The molecular weight excluding hydrogens is 410 g/mol. The molecule has 31 heavy (non-hydrogen) atoms. The van der Waals surface area contributed by atoms with Crippen molar-refractivity contribution < 1.29 is 14.3 Å². The lowest BCUT2D eigenvalue weighted by atomic mass is 9.61. The van der Waals surface area contributed by atoms with Crippen molar-refractivity contribution >= 4 is 23.1 Å². The van der Waals surface area contributed by atoms with Gasteiger partial charge in [-0.3, -0.25) is 4.79 Å². The van der Waals surface area contributed by atoms with Crippen LogP contribution in [0, 0.1) is 22.2 Å². The van der Waals surface area contributed by atoms with Crippen molar-refractivity contribution in [1.82, 2.24) is 10.6 Å². The van der Waals surface area contributed by atoms with Crippen molar-refractivity contribution in [2.45, 2.75) is 32.9 Å². The lowest BCUT2D eigenvalue weighted by molar-refractivity contribution is -0.137. The molecule has 2 N–H and O–H groups in total. The molecule has 2 aromatic carbocycles. The van der Waals surface area contributed by atoms with Gasteiger partial charge in [0.25, 0.3) is 0 Å². The Morgan fingerprint density at radius 1 is 0.935 bits per heavy atom. The molecule has 3 rings (SSSR count). The Labute approximate surface area is 188 Å². The molecule has 0 saturated carbocycles. The van der Waals surface area contributed by atoms with Gasteiger partial charge >= 0.3 is 0 Å². The molecule has 0 aliphatic carbocycles. The lowest BCUT2D eigenvalue weighted by Gasteiger charge is -2.48. The SMILES string of the molecule is COc1ccc([C@H]2NC(=S)N[C@@H](c3ccc(OC)cc3)C2(C#N)C(=O)C(C)(C)C)cc1. The number of Topliss-reactive ketones (excluding diaryl/α,β-unsaturated/α-hetero) is 1. The fourth-order valence-electron chi connectivity index (χ4n) is 4.05. The van der Waals surface area contributed by atoms with E-state index in [2.05, 4.69) is 16.7 Å². The van der Waals surface area contributed by atoms with Crippen LogP contribution in [0.15, 0.2) is 48.5 Å². The molecule has 0 bridgehead atoms. The average Bonchev–Trinajstić information content (AvgIpc) is 2.77. The minimum atomic E-state index is -1.45. The number of thiocarbonyl (C=S) groups is 1. The second kappa shape index (κ2) is 8.56. The summed E-state index contributed by atoms with van der Waals surface area (Å²) in [6.07, 6.45) is 0. The Morgan fingerprint density at radius 2 is 1.32 bits per heavy atom. The van der Waals surface area contributed by atoms with Crippen molar-refractivity contribution in [3.05, 3.63) is 59.7 Å². The van der Waals surface area contributed by atoms with Crippen LogP contribution in [-0.4, -0.2) is 25.1 Å². The quantitative estimate of drug-likeness (QED) is 0.682. The highest BCUT2D eigenvalue weighted by atomic mass is 32.1. The van der Waals surface area contributed by atoms with Crippen LogP contribution in [0.1, 0.15) is 44.0 Å². The third kappa shape index (κ3) is 4.08. The molecule has 3 atom stereocenters. The van der Waals surface area contributed by atoms with Gasteiger partial charge in [-0.1, -0.05) is 45.0 Å². The van der Waals surface area contributed by atoms with Gasteiger partial charge < -0.3 is 20.1 Å². The van der Waals surface area contributed by atoms with Crippen LogP contribution in [0.5, 0.6) is 11.5 Å². The van der Waals surface area contributed by atoms with Crippen LogP contribution in [0.4, 0.5) is 0 Å². The molecule has 0 amide bonds. The zero-order chi connectivity index (χ0) is 22.8. The molecular formula is C24H27N3O3S. The van der Waals surface area contributed by atoms with Crippen molar-refractivity contribution in [3.63, 3.8) is 0 Å². The Kier molecular flexibility index (Phi) is 6.23. The Balaban J connectivity index is 2.23. The lowest BCUT2D eigenvalue weighted by Crippen LogP contribution is -2.62. The number of rotatable bonds is 5. The number of methoxy groups -OCH3 is 2. The van der Waals surface area contributed by atoms with Crippen LogP contribution in [-0.2, 0) is 4.79 Å². The summed E-state index contributed by atoms with van der Waals surface area (Å²) in [5.41, 5.74) is -0.651. The molecule has 6 nitrogen and oxygen atoms in total. The van der Waals surface area contributed by atoms with Crippen LogP contribution in [0.25, 0.3) is 0 Å². The highest BCUT2D eigenvalue weighted by Gasteiger charge is 2.58. The summed E-state index contributed by atoms with van der Waals surface area (Å²) in [6.45, 7) is 5.49. The van der Waals surface area contributed by atoms with E-state index in [0.29, 0.717) is 16.6 Å². The van der Waals surface area contributed by atoms with E-state index in [-0.39, 0.29) is 5.78 Å². The van der Waals surface area contributed by atoms with E-state index < -0.39 is 22.9 Å². The first-order chi connectivity index (χ1) is 14.7. The third-order valence-corrected chi connectivity index (χ3v) is 5.84. The van der Waals surface area contributed by atoms with E-state index in [1.807, 2.05) is 69.3 Å². The summed E-state index contributed by atoms with van der Waals surface area (Å²) in [6, 6.07) is 15.8. The van der Waals surface area contributed by atoms with Crippen LogP contribution in [0.2, 0.25) is 0 Å². The number of nitrogens with zero attached hydrogens (tertiary/aromatic N) is 1. The topological polar surface area (TPSA) is 83.4 Å². The summed E-state index contributed by atoms with van der Waals surface area (Å²) in [4.78, 5) is 13.9. The third-order valence-electron chi connectivity index (χ3n) is 5.60. The van der Waals surface area contributed by atoms with E-state index in [1.54, 1.807) is 14.2 Å². The number of carbonyl (C=O) groups is 1. The molecule has 1 unspecified atom stereocenters. The standard InChI is InChI=1S/C24H27N3O3S/c1-23(2,3)21(28)24(14-25)19(15-6-10-17(29-4)11-7-15)26-22(31)27-20(24)16-8-12-18(30-5)13-9-16/h6-13,19-20H,1-5H3,(H2,26,27,31)/t19-,20+,24?. The zero-order valence-electron chi connectivity index (χ0n) is 18.4. The van der Waals surface area contributed by atoms with Gasteiger partial charge in [0.1, 0.15) is 11.5 Å². The number of ketones is 1. The maximum atomic E-state index is 13.9. The fraction of sp³-hybridized carbons (Fsp3) is 0.375. The minimum Gasteiger partial charge on any atom is -0.497 e. The van der Waals surface area contributed by atoms with E-state index in [4.69, 9.17) is 21.7 Å². The molecule has 1 aliphatic heterocycles. The predicted octanol–water partition coefficient (Wildman–Crippen LogP) is 4.09. The van der Waals surface area contributed by atoms with E-state index in [9.17, 15) is 10.1 Å². The summed E-state index contributed by atoms with van der Waals surface area (Å²) < 4.78 is 10.5. The second-order valence-electron chi connectivity index (χ2n) is 8.59. The normalized spacial score (nSPS) is 23.2. The summed E-state index contributed by atoms with van der Waals surface area (Å²) in [7, 11) is 3.19. The Morgan fingerprint density at radius 3 is 1.61 bits per heavy atom. The summed E-state index contributed by atoms with van der Waals surface area (Å²) in [5, 5.41) is 17.4. The predicted molar refractivity (Wildman–Crippen MR) is 123 cm³/mol. The van der Waals surface area contributed by atoms with E-state index in [0.717, 1.165) is 11.1 Å². The van der Waals surface area contributed by atoms with E-state index in [1.165, 1.54) is 0 Å². The molecule has 0 aromatic heterocycles. The zero-order valence-corrected chi connectivity index (χ0v) is 19.2. The van der Waals surface area contributed by atoms with Crippen LogP contribution >= 0.6 is 12.2 Å². The molecule has 0 spiro atoms. The molecule has 2 aromatic rings. The van der Waals surface area contributed by atoms with Gasteiger partial charge in [-0.2, -0.15) is 5.26 Å². The number of hydrogen-bond donors (Lipinski definition) is 2. The first-order valence-corrected chi connectivity index (χ1v) is 10.4.